The van der Waals surface area contributed by atoms with Crippen molar-refractivity contribution in [2.24, 2.45) is 0 Å². The molecule has 3 aromatic rings. The van der Waals surface area contributed by atoms with Gasteiger partial charge in [-0.15, -0.1) is 10.2 Å². The van der Waals surface area contributed by atoms with Gasteiger partial charge in [0.2, 0.25) is 0 Å². The van der Waals surface area contributed by atoms with Crippen LogP contribution in [0.25, 0.3) is 5.65 Å². The highest BCUT2D eigenvalue weighted by Gasteiger charge is 2.18. The third kappa shape index (κ3) is 2.57. The first kappa shape index (κ1) is 13.5. The summed E-state index contributed by atoms with van der Waals surface area (Å²) in [7, 11) is 0. The highest BCUT2D eigenvalue weighted by atomic mass is 35.5. The minimum Gasteiger partial charge on any atom is -0.342 e. The first-order valence-electron chi connectivity index (χ1n) is 6.37. The maximum atomic E-state index is 12.2. The van der Waals surface area contributed by atoms with Crippen LogP contribution in [0.1, 0.15) is 29.1 Å². The van der Waals surface area contributed by atoms with Crippen molar-refractivity contribution in [3.63, 3.8) is 0 Å². The van der Waals surface area contributed by atoms with Crippen LogP contribution in [0.15, 0.2) is 42.9 Å². The molecule has 1 N–H and O–H groups in total. The average molecular weight is 302 g/mol. The third-order valence-corrected chi connectivity index (χ3v) is 3.42. The van der Waals surface area contributed by atoms with E-state index < -0.39 is 0 Å². The van der Waals surface area contributed by atoms with Gasteiger partial charge in [0.05, 0.1) is 16.6 Å². The van der Waals surface area contributed by atoms with Crippen LogP contribution >= 0.6 is 11.6 Å². The summed E-state index contributed by atoms with van der Waals surface area (Å²) in [5, 5.41) is 11.4. The van der Waals surface area contributed by atoms with Crippen LogP contribution in [0.5, 0.6) is 0 Å². The van der Waals surface area contributed by atoms with Gasteiger partial charge in [-0.3, -0.25) is 14.2 Å². The highest BCUT2D eigenvalue weighted by Crippen LogP contribution is 2.16. The van der Waals surface area contributed by atoms with Crippen molar-refractivity contribution in [3.05, 3.63) is 59.3 Å². The monoisotopic (exact) mass is 301 g/mol. The summed E-state index contributed by atoms with van der Waals surface area (Å²) in [5.41, 5.74) is 1.06. The zero-order valence-corrected chi connectivity index (χ0v) is 11.9. The Morgan fingerprint density at radius 3 is 3.00 bits per heavy atom. The fraction of sp³-hybridized carbons (Fsp3) is 0.143. The molecule has 1 atom stereocenters. The molecule has 1 unspecified atom stereocenters. The van der Waals surface area contributed by atoms with Gasteiger partial charge in [0.15, 0.2) is 11.5 Å². The number of carbonyl (C=O) groups excluding carboxylic acids is 1. The zero-order chi connectivity index (χ0) is 14.8. The Hall–Kier alpha value is -2.47. The number of pyridine rings is 2. The molecule has 0 fully saturated rings. The second-order valence-corrected chi connectivity index (χ2v) is 4.94. The SMILES string of the molecule is CC(NC(=O)c1cnccc1Cl)c1nnc2ccccn12. The molecule has 0 saturated heterocycles. The number of hydrogen-bond acceptors (Lipinski definition) is 4. The third-order valence-electron chi connectivity index (χ3n) is 3.09. The molecule has 3 heterocycles. The number of amides is 1. The normalized spacial score (nSPS) is 12.3. The van der Waals surface area contributed by atoms with E-state index in [1.165, 1.54) is 12.4 Å². The molecule has 3 rings (SSSR count). The van der Waals surface area contributed by atoms with Gasteiger partial charge in [-0.25, -0.2) is 0 Å². The molecule has 0 aliphatic carbocycles. The van der Waals surface area contributed by atoms with Crippen LogP contribution in [0.2, 0.25) is 5.02 Å². The molecule has 0 bridgehead atoms. The van der Waals surface area contributed by atoms with E-state index in [4.69, 9.17) is 11.6 Å². The average Bonchev–Trinajstić information content (AvgIpc) is 2.91. The molecule has 7 heteroatoms. The summed E-state index contributed by atoms with van der Waals surface area (Å²) in [6.45, 7) is 1.84. The van der Waals surface area contributed by atoms with Gasteiger partial charge < -0.3 is 5.32 Å². The van der Waals surface area contributed by atoms with Crippen molar-refractivity contribution in [2.75, 3.05) is 0 Å². The lowest BCUT2D eigenvalue weighted by molar-refractivity contribution is 0.0938. The summed E-state index contributed by atoms with van der Waals surface area (Å²) in [4.78, 5) is 16.1. The van der Waals surface area contributed by atoms with Crippen molar-refractivity contribution in [1.29, 1.82) is 0 Å². The standard InChI is InChI=1S/C14H12ClN5O/c1-9(13-19-18-12-4-2-3-7-20(12)13)17-14(21)10-8-16-6-5-11(10)15/h2-9H,1H3,(H,17,21). The number of fused-ring (bicyclic) bond motifs is 1. The minimum absolute atomic E-state index is 0.298. The second kappa shape index (κ2) is 5.49. The number of nitrogens with zero attached hydrogens (tertiary/aromatic N) is 4. The Morgan fingerprint density at radius 2 is 2.19 bits per heavy atom. The predicted octanol–water partition coefficient (Wildman–Crippen LogP) is 2.27. The summed E-state index contributed by atoms with van der Waals surface area (Å²) < 4.78 is 1.83. The Balaban J connectivity index is 1.85. The molecule has 6 nitrogen and oxygen atoms in total. The van der Waals surface area contributed by atoms with Crippen molar-refractivity contribution in [1.82, 2.24) is 24.9 Å². The fourth-order valence-electron chi connectivity index (χ4n) is 2.04. The zero-order valence-electron chi connectivity index (χ0n) is 11.2. The van der Waals surface area contributed by atoms with E-state index in [-0.39, 0.29) is 11.9 Å². The number of hydrogen-bond donors (Lipinski definition) is 1. The fourth-order valence-corrected chi connectivity index (χ4v) is 2.23. The largest absolute Gasteiger partial charge is 0.342 e. The van der Waals surface area contributed by atoms with E-state index in [0.717, 1.165) is 5.65 Å². The van der Waals surface area contributed by atoms with Crippen LogP contribution in [-0.2, 0) is 0 Å². The Bertz CT molecular complexity index is 801. The van der Waals surface area contributed by atoms with Gasteiger partial charge >= 0.3 is 0 Å². The number of carbonyl (C=O) groups is 1. The van der Waals surface area contributed by atoms with E-state index in [1.54, 1.807) is 6.07 Å². The van der Waals surface area contributed by atoms with E-state index in [0.29, 0.717) is 16.4 Å². The first-order valence-corrected chi connectivity index (χ1v) is 6.74. The molecule has 0 spiro atoms. The molecule has 0 saturated carbocycles. The number of rotatable bonds is 3. The van der Waals surface area contributed by atoms with Crippen molar-refractivity contribution >= 4 is 23.2 Å². The Morgan fingerprint density at radius 1 is 1.33 bits per heavy atom. The molecule has 3 aromatic heterocycles. The van der Waals surface area contributed by atoms with Gasteiger partial charge in [0.25, 0.3) is 5.91 Å². The van der Waals surface area contributed by atoms with Crippen LogP contribution in [-0.4, -0.2) is 25.5 Å². The topological polar surface area (TPSA) is 72.2 Å². The number of halogens is 1. The van der Waals surface area contributed by atoms with Crippen LogP contribution < -0.4 is 5.32 Å². The van der Waals surface area contributed by atoms with Crippen molar-refractivity contribution in [3.8, 4) is 0 Å². The quantitative estimate of drug-likeness (QED) is 0.805. The van der Waals surface area contributed by atoms with Crippen molar-refractivity contribution in [2.45, 2.75) is 13.0 Å². The summed E-state index contributed by atoms with van der Waals surface area (Å²) in [5.74, 6) is 0.354. The highest BCUT2D eigenvalue weighted by molar-refractivity contribution is 6.33. The molecular formula is C14H12ClN5O. The summed E-state index contributed by atoms with van der Waals surface area (Å²) in [6.07, 6.45) is 4.82. The van der Waals surface area contributed by atoms with E-state index in [1.807, 2.05) is 35.7 Å². The molecule has 1 amide bonds. The molecule has 106 valence electrons. The minimum atomic E-state index is -0.314. The van der Waals surface area contributed by atoms with Gasteiger partial charge in [-0.05, 0) is 25.1 Å². The molecular weight excluding hydrogens is 290 g/mol. The Labute approximate surface area is 125 Å². The van der Waals surface area contributed by atoms with Crippen LogP contribution in [0.4, 0.5) is 0 Å². The molecule has 0 radical (unpaired) electrons. The maximum absolute atomic E-state index is 12.2. The van der Waals surface area contributed by atoms with Crippen LogP contribution in [0.3, 0.4) is 0 Å². The predicted molar refractivity (Wildman–Crippen MR) is 78.1 cm³/mol. The maximum Gasteiger partial charge on any atom is 0.254 e. The van der Waals surface area contributed by atoms with E-state index >= 15 is 0 Å². The Kier molecular flexibility index (Phi) is 3.53. The second-order valence-electron chi connectivity index (χ2n) is 4.54. The lowest BCUT2D eigenvalue weighted by Crippen LogP contribution is -2.28. The van der Waals surface area contributed by atoms with Crippen molar-refractivity contribution < 1.29 is 4.79 Å². The number of aromatic nitrogens is 4. The summed E-state index contributed by atoms with van der Waals surface area (Å²) >= 11 is 5.99. The molecule has 0 aromatic carbocycles. The van der Waals surface area contributed by atoms with Gasteiger partial charge in [-0.1, -0.05) is 17.7 Å². The molecule has 0 aliphatic rings. The van der Waals surface area contributed by atoms with Gasteiger partial charge in [0, 0.05) is 18.6 Å². The summed E-state index contributed by atoms with van der Waals surface area (Å²) in [6, 6.07) is 6.88. The molecule has 21 heavy (non-hydrogen) atoms. The number of nitrogens with one attached hydrogen (secondary N) is 1. The van der Waals surface area contributed by atoms with Gasteiger partial charge in [-0.2, -0.15) is 0 Å². The van der Waals surface area contributed by atoms with Crippen LogP contribution in [0, 0.1) is 0 Å². The van der Waals surface area contributed by atoms with Gasteiger partial charge in [0.1, 0.15) is 0 Å². The lowest BCUT2D eigenvalue weighted by atomic mass is 10.2. The van der Waals surface area contributed by atoms with E-state index in [2.05, 4.69) is 20.5 Å². The first-order chi connectivity index (χ1) is 10.2. The smallest absolute Gasteiger partial charge is 0.254 e. The molecule has 0 aliphatic heterocycles. The van der Waals surface area contributed by atoms with E-state index in [9.17, 15) is 4.79 Å². The lowest BCUT2D eigenvalue weighted by Gasteiger charge is -2.12.